The average molecular weight is 490 g/mol. The second kappa shape index (κ2) is 12.0. The van der Waals surface area contributed by atoms with Gasteiger partial charge in [-0.15, -0.1) is 24.0 Å². The molecule has 1 aromatic carbocycles. The molecule has 0 saturated carbocycles. The molecule has 1 aliphatic rings. The number of benzene rings is 1. The van der Waals surface area contributed by atoms with Gasteiger partial charge in [-0.05, 0) is 32.8 Å². The van der Waals surface area contributed by atoms with E-state index in [2.05, 4.69) is 39.7 Å². The highest BCUT2D eigenvalue weighted by Gasteiger charge is 2.21. The van der Waals surface area contributed by atoms with Crippen molar-refractivity contribution in [3.8, 4) is 0 Å². The second-order valence-electron chi connectivity index (χ2n) is 6.75. The molecule has 9 heteroatoms. The largest absolute Gasteiger partial charge is 0.378 e. The summed E-state index contributed by atoms with van der Waals surface area (Å²) < 4.78 is 0. The summed E-state index contributed by atoms with van der Waals surface area (Å²) in [5.41, 5.74) is 0.621. The highest BCUT2D eigenvalue weighted by molar-refractivity contribution is 14.0. The fourth-order valence-electron chi connectivity index (χ4n) is 3.11. The second-order valence-corrected chi connectivity index (χ2v) is 6.75. The van der Waals surface area contributed by atoms with E-state index in [9.17, 15) is 10.1 Å². The minimum absolute atomic E-state index is 0. The van der Waals surface area contributed by atoms with Crippen molar-refractivity contribution in [2.45, 2.75) is 38.8 Å². The molecule has 0 amide bonds. The van der Waals surface area contributed by atoms with Crippen LogP contribution in [0.15, 0.2) is 29.3 Å². The Hall–Kier alpha value is -1.62. The van der Waals surface area contributed by atoms with Gasteiger partial charge in [-0.3, -0.25) is 15.1 Å². The molecule has 1 aliphatic heterocycles. The number of hydrogen-bond acceptors (Lipinski definition) is 5. The van der Waals surface area contributed by atoms with Gasteiger partial charge in [0.1, 0.15) is 5.69 Å². The Bertz CT molecular complexity index is 618. The third-order valence-electron chi connectivity index (χ3n) is 4.66. The van der Waals surface area contributed by atoms with E-state index in [-0.39, 0.29) is 34.6 Å². The van der Waals surface area contributed by atoms with Gasteiger partial charge in [0, 0.05) is 51.4 Å². The van der Waals surface area contributed by atoms with E-state index >= 15 is 0 Å². The van der Waals surface area contributed by atoms with E-state index in [1.165, 1.54) is 6.07 Å². The Morgan fingerprint density at radius 2 is 1.96 bits per heavy atom. The summed E-state index contributed by atoms with van der Waals surface area (Å²) in [4.78, 5) is 17.4. The fourth-order valence-corrected chi connectivity index (χ4v) is 3.11. The Labute approximate surface area is 178 Å². The minimum atomic E-state index is -0.375. The molecule has 0 aliphatic carbocycles. The van der Waals surface area contributed by atoms with Gasteiger partial charge in [-0.2, -0.15) is 0 Å². The summed E-state index contributed by atoms with van der Waals surface area (Å²) in [6.45, 7) is 7.86. The molecule has 1 fully saturated rings. The molecule has 0 spiro atoms. The Morgan fingerprint density at radius 1 is 1.30 bits per heavy atom. The molecule has 2 rings (SSSR count). The van der Waals surface area contributed by atoms with Crippen LogP contribution in [0.5, 0.6) is 0 Å². The van der Waals surface area contributed by atoms with Gasteiger partial charge < -0.3 is 20.9 Å². The van der Waals surface area contributed by atoms with E-state index in [0.717, 1.165) is 31.9 Å². The summed E-state index contributed by atoms with van der Waals surface area (Å²) >= 11 is 0. The lowest BCUT2D eigenvalue weighted by Crippen LogP contribution is -2.50. The number of rotatable bonds is 7. The number of guanidine groups is 1. The Morgan fingerprint density at radius 3 is 2.56 bits per heavy atom. The van der Waals surface area contributed by atoms with Gasteiger partial charge in [0.15, 0.2) is 5.96 Å². The molecule has 0 aromatic heterocycles. The van der Waals surface area contributed by atoms with E-state index in [1.807, 2.05) is 0 Å². The van der Waals surface area contributed by atoms with Gasteiger partial charge in [0.2, 0.25) is 0 Å². The lowest BCUT2D eigenvalue weighted by molar-refractivity contribution is -0.384. The van der Waals surface area contributed by atoms with Crippen LogP contribution in [0.4, 0.5) is 11.4 Å². The molecule has 0 radical (unpaired) electrons. The third-order valence-corrected chi connectivity index (χ3v) is 4.66. The number of nitrogens with one attached hydrogen (secondary N) is 3. The summed E-state index contributed by atoms with van der Waals surface area (Å²) in [7, 11) is 1.76. The van der Waals surface area contributed by atoms with E-state index < -0.39 is 0 Å². The van der Waals surface area contributed by atoms with Crippen LogP contribution in [0.1, 0.15) is 26.7 Å². The summed E-state index contributed by atoms with van der Waals surface area (Å²) in [6, 6.07) is 7.69. The maximum atomic E-state index is 11.0. The van der Waals surface area contributed by atoms with Gasteiger partial charge in [0.25, 0.3) is 5.69 Å². The minimum Gasteiger partial charge on any atom is -0.378 e. The van der Waals surface area contributed by atoms with Gasteiger partial charge in [0.05, 0.1) is 4.92 Å². The molecule has 8 nitrogen and oxygen atoms in total. The van der Waals surface area contributed by atoms with Crippen molar-refractivity contribution in [2.75, 3.05) is 38.5 Å². The standard InChI is InChI=1S/C18H30N6O2.HI/c1-14(2)23-12-8-15(9-13-23)22-18(19-3)21-11-10-20-16-6-4-5-7-17(16)24(25)26;/h4-7,14-15,20H,8-13H2,1-3H3,(H2,19,21,22);1H. The highest BCUT2D eigenvalue weighted by Crippen LogP contribution is 2.22. The third kappa shape index (κ3) is 7.49. The molecule has 0 bridgehead atoms. The molecule has 1 saturated heterocycles. The van der Waals surface area contributed by atoms with Crippen LogP contribution in [0.25, 0.3) is 0 Å². The summed E-state index contributed by atoms with van der Waals surface area (Å²) in [5, 5.41) is 20.8. The number of nitro benzene ring substituents is 1. The van der Waals surface area contributed by atoms with Crippen molar-refractivity contribution in [3.05, 3.63) is 34.4 Å². The molecule has 1 heterocycles. The number of aliphatic imine (C=N–C) groups is 1. The van der Waals surface area contributed by atoms with Crippen LogP contribution < -0.4 is 16.0 Å². The Kier molecular flexibility index (Phi) is 10.4. The molecule has 152 valence electrons. The van der Waals surface area contributed by atoms with Crippen LogP contribution in [-0.4, -0.2) is 61.1 Å². The highest BCUT2D eigenvalue weighted by atomic mass is 127. The number of piperidine rings is 1. The van der Waals surface area contributed by atoms with Gasteiger partial charge in [-0.1, -0.05) is 12.1 Å². The lowest BCUT2D eigenvalue weighted by Gasteiger charge is -2.35. The summed E-state index contributed by atoms with van der Waals surface area (Å²) in [6.07, 6.45) is 2.21. The van der Waals surface area contributed by atoms with Crippen molar-refractivity contribution in [3.63, 3.8) is 0 Å². The SMILES string of the molecule is CN=C(NCCNc1ccccc1[N+](=O)[O-])NC1CCN(C(C)C)CC1.I. The first-order valence-electron chi connectivity index (χ1n) is 9.19. The number of para-hydroxylation sites is 2. The zero-order valence-electron chi connectivity index (χ0n) is 16.3. The molecule has 27 heavy (non-hydrogen) atoms. The number of hydrogen-bond donors (Lipinski definition) is 3. The molecule has 0 unspecified atom stereocenters. The van der Waals surface area contributed by atoms with E-state index in [0.29, 0.717) is 30.9 Å². The predicted octanol–water partition coefficient (Wildman–Crippen LogP) is 2.66. The molecular weight excluding hydrogens is 459 g/mol. The predicted molar refractivity (Wildman–Crippen MR) is 121 cm³/mol. The average Bonchev–Trinajstić information content (AvgIpc) is 2.64. The lowest BCUT2D eigenvalue weighted by atomic mass is 10.0. The topological polar surface area (TPSA) is 94.8 Å². The van der Waals surface area contributed by atoms with Crippen molar-refractivity contribution < 1.29 is 4.92 Å². The van der Waals surface area contributed by atoms with E-state index in [1.54, 1.807) is 25.2 Å². The monoisotopic (exact) mass is 490 g/mol. The van der Waals surface area contributed by atoms with E-state index in [4.69, 9.17) is 0 Å². The van der Waals surface area contributed by atoms with Crippen molar-refractivity contribution in [1.82, 2.24) is 15.5 Å². The molecular formula is C18H31IN6O2. The maximum absolute atomic E-state index is 11.0. The van der Waals surface area contributed by atoms with Crippen molar-refractivity contribution in [2.24, 2.45) is 4.99 Å². The fraction of sp³-hybridized carbons (Fsp3) is 0.611. The first-order valence-corrected chi connectivity index (χ1v) is 9.19. The van der Waals surface area contributed by atoms with Crippen LogP contribution in [0.3, 0.4) is 0 Å². The smallest absolute Gasteiger partial charge is 0.292 e. The maximum Gasteiger partial charge on any atom is 0.292 e. The number of likely N-dealkylation sites (tertiary alicyclic amines) is 1. The number of halogens is 1. The normalized spacial score (nSPS) is 15.9. The first kappa shape index (κ1) is 23.4. The Balaban J connectivity index is 0.00000364. The van der Waals surface area contributed by atoms with Crippen LogP contribution >= 0.6 is 24.0 Å². The van der Waals surface area contributed by atoms with Crippen LogP contribution in [-0.2, 0) is 0 Å². The molecule has 1 aromatic rings. The van der Waals surface area contributed by atoms with Crippen LogP contribution in [0, 0.1) is 10.1 Å². The zero-order valence-corrected chi connectivity index (χ0v) is 18.6. The number of nitrogens with zero attached hydrogens (tertiary/aromatic N) is 3. The molecule has 0 atom stereocenters. The molecule has 3 N–H and O–H groups in total. The van der Waals surface area contributed by atoms with Crippen molar-refractivity contribution >= 4 is 41.3 Å². The van der Waals surface area contributed by atoms with Crippen molar-refractivity contribution in [1.29, 1.82) is 0 Å². The summed E-state index contributed by atoms with van der Waals surface area (Å²) in [5.74, 6) is 0.775. The van der Waals surface area contributed by atoms with Gasteiger partial charge >= 0.3 is 0 Å². The number of anilines is 1. The van der Waals surface area contributed by atoms with Gasteiger partial charge in [-0.25, -0.2) is 0 Å². The first-order chi connectivity index (χ1) is 12.5. The number of nitro groups is 1. The zero-order chi connectivity index (χ0) is 18.9. The van der Waals surface area contributed by atoms with Crippen LogP contribution in [0.2, 0.25) is 0 Å². The quantitative estimate of drug-likeness (QED) is 0.136.